The summed E-state index contributed by atoms with van der Waals surface area (Å²) in [5, 5.41) is 2.10. The summed E-state index contributed by atoms with van der Waals surface area (Å²) in [6.45, 7) is 0. The molecule has 1 aliphatic rings. The van der Waals surface area contributed by atoms with Crippen molar-refractivity contribution in [2.24, 2.45) is 0 Å². The van der Waals surface area contributed by atoms with Crippen LogP contribution in [-0.2, 0) is 0 Å². The number of thiophene rings is 1. The molecule has 0 radical (unpaired) electrons. The zero-order chi connectivity index (χ0) is 7.68. The van der Waals surface area contributed by atoms with Crippen LogP contribution in [0.15, 0.2) is 11.4 Å². The van der Waals surface area contributed by atoms with Crippen molar-refractivity contribution in [3.05, 3.63) is 16.3 Å². The first-order chi connectivity index (χ1) is 5.38. The van der Waals surface area contributed by atoms with Crippen LogP contribution in [0.1, 0.15) is 36.5 Å². The normalized spacial score (nSPS) is 19.3. The van der Waals surface area contributed by atoms with Gasteiger partial charge >= 0.3 is 0 Å². The Labute approximate surface area is 71.2 Å². The monoisotopic (exact) mass is 167 g/mol. The summed E-state index contributed by atoms with van der Waals surface area (Å²) in [5.41, 5.74) is 6.85. The van der Waals surface area contributed by atoms with E-state index in [2.05, 4.69) is 5.38 Å². The molecule has 1 heterocycles. The SMILES string of the molecule is Nc1ccsc1C1CCCC1. The maximum Gasteiger partial charge on any atom is 0.0458 e. The summed E-state index contributed by atoms with van der Waals surface area (Å²) in [6.07, 6.45) is 5.49. The van der Waals surface area contributed by atoms with Crippen LogP contribution >= 0.6 is 11.3 Å². The van der Waals surface area contributed by atoms with Crippen LogP contribution in [0.3, 0.4) is 0 Å². The second-order valence-electron chi connectivity index (χ2n) is 3.22. The third-order valence-corrected chi connectivity index (χ3v) is 3.55. The summed E-state index contributed by atoms with van der Waals surface area (Å²) in [7, 11) is 0. The van der Waals surface area contributed by atoms with E-state index in [-0.39, 0.29) is 0 Å². The van der Waals surface area contributed by atoms with Crippen molar-refractivity contribution >= 4 is 17.0 Å². The molecule has 1 fully saturated rings. The molecule has 2 rings (SSSR count). The van der Waals surface area contributed by atoms with Gasteiger partial charge in [-0.15, -0.1) is 11.3 Å². The van der Waals surface area contributed by atoms with Crippen molar-refractivity contribution in [3.63, 3.8) is 0 Å². The fourth-order valence-corrected chi connectivity index (χ4v) is 2.84. The van der Waals surface area contributed by atoms with Crippen molar-refractivity contribution in [1.82, 2.24) is 0 Å². The third-order valence-electron chi connectivity index (χ3n) is 2.45. The molecular weight excluding hydrogens is 154 g/mol. The number of nitrogens with two attached hydrogens (primary N) is 1. The van der Waals surface area contributed by atoms with Gasteiger partial charge in [-0.05, 0) is 30.2 Å². The Morgan fingerprint density at radius 1 is 1.36 bits per heavy atom. The molecule has 2 heteroatoms. The molecular formula is C9H13NS. The predicted molar refractivity (Wildman–Crippen MR) is 49.9 cm³/mol. The molecule has 0 amide bonds. The molecule has 1 aromatic rings. The third kappa shape index (κ3) is 1.27. The number of rotatable bonds is 1. The smallest absolute Gasteiger partial charge is 0.0458 e. The molecule has 2 N–H and O–H groups in total. The average Bonchev–Trinajstić information content (AvgIpc) is 2.55. The molecule has 1 nitrogen and oxygen atoms in total. The molecule has 0 unspecified atom stereocenters. The van der Waals surface area contributed by atoms with Crippen molar-refractivity contribution in [3.8, 4) is 0 Å². The first-order valence-corrected chi connectivity index (χ1v) is 5.09. The van der Waals surface area contributed by atoms with E-state index in [1.807, 2.05) is 17.4 Å². The van der Waals surface area contributed by atoms with Gasteiger partial charge in [0.1, 0.15) is 0 Å². The molecule has 0 aromatic carbocycles. The lowest BCUT2D eigenvalue weighted by molar-refractivity contribution is 0.740. The molecule has 0 saturated heterocycles. The van der Waals surface area contributed by atoms with Gasteiger partial charge < -0.3 is 5.73 Å². The highest BCUT2D eigenvalue weighted by molar-refractivity contribution is 7.10. The van der Waals surface area contributed by atoms with Gasteiger partial charge in [-0.2, -0.15) is 0 Å². The Bertz CT molecular complexity index is 235. The van der Waals surface area contributed by atoms with E-state index in [4.69, 9.17) is 5.73 Å². The van der Waals surface area contributed by atoms with Crippen molar-refractivity contribution in [2.75, 3.05) is 5.73 Å². The summed E-state index contributed by atoms with van der Waals surface area (Å²) >= 11 is 1.82. The van der Waals surface area contributed by atoms with Gasteiger partial charge in [0.15, 0.2) is 0 Å². The van der Waals surface area contributed by atoms with Gasteiger partial charge in [0, 0.05) is 10.6 Å². The minimum atomic E-state index is 0.787. The van der Waals surface area contributed by atoms with Crippen LogP contribution in [-0.4, -0.2) is 0 Å². The lowest BCUT2D eigenvalue weighted by Crippen LogP contribution is -1.93. The molecule has 1 aliphatic carbocycles. The summed E-state index contributed by atoms with van der Waals surface area (Å²) in [5.74, 6) is 0.787. The highest BCUT2D eigenvalue weighted by atomic mass is 32.1. The van der Waals surface area contributed by atoms with Crippen molar-refractivity contribution in [1.29, 1.82) is 0 Å². The van der Waals surface area contributed by atoms with Gasteiger partial charge in [0.05, 0.1) is 0 Å². The van der Waals surface area contributed by atoms with Gasteiger partial charge in [-0.1, -0.05) is 12.8 Å². The maximum atomic E-state index is 5.83. The number of nitrogen functional groups attached to an aromatic ring is 1. The molecule has 60 valence electrons. The fraction of sp³-hybridized carbons (Fsp3) is 0.556. The van der Waals surface area contributed by atoms with Crippen LogP contribution in [0.5, 0.6) is 0 Å². The van der Waals surface area contributed by atoms with Crippen LogP contribution in [0.25, 0.3) is 0 Å². The van der Waals surface area contributed by atoms with Crippen molar-refractivity contribution in [2.45, 2.75) is 31.6 Å². The van der Waals surface area contributed by atoms with E-state index in [0.717, 1.165) is 11.6 Å². The average molecular weight is 167 g/mol. The highest BCUT2D eigenvalue weighted by Crippen LogP contribution is 2.39. The van der Waals surface area contributed by atoms with E-state index < -0.39 is 0 Å². The topological polar surface area (TPSA) is 26.0 Å². The van der Waals surface area contributed by atoms with E-state index >= 15 is 0 Å². The molecule has 11 heavy (non-hydrogen) atoms. The molecule has 1 saturated carbocycles. The van der Waals surface area contributed by atoms with Crippen LogP contribution in [0, 0.1) is 0 Å². The summed E-state index contributed by atoms with van der Waals surface area (Å²) in [4.78, 5) is 1.43. The Hall–Kier alpha value is -0.500. The van der Waals surface area contributed by atoms with Gasteiger partial charge in [0.25, 0.3) is 0 Å². The standard InChI is InChI=1S/C9H13NS/c10-8-5-6-11-9(8)7-3-1-2-4-7/h5-7H,1-4,10H2. The Balaban J connectivity index is 2.21. The van der Waals surface area contributed by atoms with Crippen molar-refractivity contribution < 1.29 is 0 Å². The Morgan fingerprint density at radius 3 is 2.64 bits per heavy atom. The maximum absolute atomic E-state index is 5.83. The van der Waals surface area contributed by atoms with Gasteiger partial charge in [0.2, 0.25) is 0 Å². The predicted octanol–water partition coefficient (Wildman–Crippen LogP) is 2.99. The minimum absolute atomic E-state index is 0.787. The Kier molecular flexibility index (Phi) is 1.86. The lowest BCUT2D eigenvalue weighted by atomic mass is 10.1. The zero-order valence-electron chi connectivity index (χ0n) is 6.55. The molecule has 0 bridgehead atoms. The lowest BCUT2D eigenvalue weighted by Gasteiger charge is -2.06. The number of anilines is 1. The molecule has 0 atom stereocenters. The Morgan fingerprint density at radius 2 is 2.09 bits per heavy atom. The largest absolute Gasteiger partial charge is 0.398 e. The summed E-state index contributed by atoms with van der Waals surface area (Å²) < 4.78 is 0. The number of hydrogen-bond acceptors (Lipinski definition) is 2. The molecule has 0 aliphatic heterocycles. The van der Waals surface area contributed by atoms with Crippen LogP contribution in [0.4, 0.5) is 5.69 Å². The van der Waals surface area contributed by atoms with Gasteiger partial charge in [-0.25, -0.2) is 0 Å². The van der Waals surface area contributed by atoms with Crippen LogP contribution < -0.4 is 5.73 Å². The fourth-order valence-electron chi connectivity index (χ4n) is 1.85. The highest BCUT2D eigenvalue weighted by Gasteiger charge is 2.19. The van der Waals surface area contributed by atoms with E-state index in [1.54, 1.807) is 0 Å². The van der Waals surface area contributed by atoms with Crippen LogP contribution in [0.2, 0.25) is 0 Å². The minimum Gasteiger partial charge on any atom is -0.398 e. The quantitative estimate of drug-likeness (QED) is 0.683. The molecule has 1 aromatic heterocycles. The second-order valence-corrected chi connectivity index (χ2v) is 4.17. The summed E-state index contributed by atoms with van der Waals surface area (Å²) in [6, 6.07) is 2.03. The first kappa shape index (κ1) is 7.17. The molecule has 0 spiro atoms. The van der Waals surface area contributed by atoms with E-state index in [0.29, 0.717) is 0 Å². The van der Waals surface area contributed by atoms with E-state index in [1.165, 1.54) is 30.6 Å². The first-order valence-electron chi connectivity index (χ1n) is 4.21. The second kappa shape index (κ2) is 2.86. The van der Waals surface area contributed by atoms with Gasteiger partial charge in [-0.3, -0.25) is 0 Å². The number of hydrogen-bond donors (Lipinski definition) is 1. The zero-order valence-corrected chi connectivity index (χ0v) is 7.36. The van der Waals surface area contributed by atoms with E-state index in [9.17, 15) is 0 Å².